The summed E-state index contributed by atoms with van der Waals surface area (Å²) in [5, 5.41) is 12.0. The van der Waals surface area contributed by atoms with Crippen molar-refractivity contribution >= 4 is 34.1 Å². The number of hydrogen-bond acceptors (Lipinski definition) is 6. The summed E-state index contributed by atoms with van der Waals surface area (Å²) in [5.41, 5.74) is 6.38. The van der Waals surface area contributed by atoms with Crippen molar-refractivity contribution in [2.45, 2.75) is 56.0 Å². The highest BCUT2D eigenvalue weighted by Crippen LogP contribution is 2.59. The Morgan fingerprint density at radius 1 is 1.21 bits per heavy atom. The minimum absolute atomic E-state index is 0.00564. The number of aromatic nitrogens is 1. The number of nitriles is 1. The number of nitrogens with zero attached hydrogens (tertiary/aromatic N) is 6. The Hall–Kier alpha value is -4.18. The van der Waals surface area contributed by atoms with Gasteiger partial charge in [-0.15, -0.1) is 0 Å². The van der Waals surface area contributed by atoms with Crippen molar-refractivity contribution in [1.29, 1.82) is 5.26 Å². The molecule has 8 nitrogen and oxygen atoms in total. The van der Waals surface area contributed by atoms with Crippen molar-refractivity contribution in [2.75, 3.05) is 50.8 Å². The van der Waals surface area contributed by atoms with Gasteiger partial charge in [0.05, 0.1) is 16.7 Å². The molecule has 3 aliphatic heterocycles. The summed E-state index contributed by atoms with van der Waals surface area (Å²) in [7, 11) is 0. The van der Waals surface area contributed by atoms with Gasteiger partial charge < -0.3 is 19.4 Å². The highest BCUT2D eigenvalue weighted by molar-refractivity contribution is 6.34. The zero-order valence-electron chi connectivity index (χ0n) is 26.3. The fourth-order valence-corrected chi connectivity index (χ4v) is 9.23. The van der Waals surface area contributed by atoms with Crippen LogP contribution in [0.25, 0.3) is 26.9 Å². The molecule has 10 heteroatoms. The normalized spacial score (nSPS) is 24.0. The highest BCUT2D eigenvalue weighted by atomic mass is 35.5. The van der Waals surface area contributed by atoms with Crippen LogP contribution in [-0.4, -0.2) is 78.1 Å². The van der Waals surface area contributed by atoms with Crippen molar-refractivity contribution in [1.82, 2.24) is 14.8 Å². The molecule has 1 saturated carbocycles. The fraction of sp³-hybridized carbons (Fsp3) is 0.459. The first-order chi connectivity index (χ1) is 22.8. The summed E-state index contributed by atoms with van der Waals surface area (Å²) in [6.45, 7) is 14.0. The molecule has 0 bridgehead atoms. The van der Waals surface area contributed by atoms with Crippen LogP contribution in [0.15, 0.2) is 42.7 Å². The zero-order valence-corrected chi connectivity index (χ0v) is 27.0. The second-order valence-electron chi connectivity index (χ2n) is 13.8. The first-order valence-corrected chi connectivity index (χ1v) is 17.0. The van der Waals surface area contributed by atoms with E-state index in [9.17, 15) is 14.4 Å². The van der Waals surface area contributed by atoms with Crippen LogP contribution < -0.4 is 9.64 Å². The molecule has 3 saturated heterocycles. The first-order valence-electron chi connectivity index (χ1n) is 16.6. The molecule has 2 aromatic carbocycles. The van der Waals surface area contributed by atoms with Gasteiger partial charge in [-0.3, -0.25) is 9.69 Å². The lowest BCUT2D eigenvalue weighted by Gasteiger charge is -2.40. The van der Waals surface area contributed by atoms with Crippen LogP contribution in [0.3, 0.4) is 0 Å². The van der Waals surface area contributed by atoms with Gasteiger partial charge in [0.15, 0.2) is 5.83 Å². The number of benzene rings is 2. The molecule has 1 amide bonds. The average Bonchev–Trinajstić information content (AvgIpc) is 3.35. The smallest absolute Gasteiger partial charge is 0.282 e. The summed E-state index contributed by atoms with van der Waals surface area (Å²) in [6.07, 6.45) is 6.71. The van der Waals surface area contributed by atoms with Crippen molar-refractivity contribution in [3.63, 3.8) is 0 Å². The number of rotatable bonds is 7. The third kappa shape index (κ3) is 4.94. The number of amides is 1. The minimum atomic E-state index is -1.05. The molecule has 47 heavy (non-hydrogen) atoms. The highest BCUT2D eigenvalue weighted by Gasteiger charge is 2.47. The lowest BCUT2D eigenvalue weighted by molar-refractivity contribution is -0.131. The van der Waals surface area contributed by atoms with E-state index in [2.05, 4.69) is 40.6 Å². The van der Waals surface area contributed by atoms with Crippen LogP contribution in [0.5, 0.6) is 5.88 Å². The second kappa shape index (κ2) is 11.5. The van der Waals surface area contributed by atoms with Gasteiger partial charge in [0.1, 0.15) is 24.3 Å². The van der Waals surface area contributed by atoms with E-state index in [0.29, 0.717) is 46.2 Å². The monoisotopic (exact) mass is 650 g/mol. The molecule has 5 aliphatic rings. The second-order valence-corrected chi connectivity index (χ2v) is 14.2. The Morgan fingerprint density at radius 2 is 2.02 bits per heavy atom. The minimum Gasteiger partial charge on any atom is -0.475 e. The molecule has 1 aromatic heterocycles. The van der Waals surface area contributed by atoms with Gasteiger partial charge in [0.2, 0.25) is 12.4 Å². The van der Waals surface area contributed by atoms with Gasteiger partial charge >= 0.3 is 0 Å². The number of anilines is 1. The maximum absolute atomic E-state index is 14.0. The molecule has 3 atom stereocenters. The number of halogens is 2. The van der Waals surface area contributed by atoms with E-state index in [1.165, 1.54) is 22.4 Å². The number of pyridine rings is 1. The van der Waals surface area contributed by atoms with E-state index in [0.717, 1.165) is 62.2 Å². The Bertz CT molecular complexity index is 1910. The van der Waals surface area contributed by atoms with Crippen LogP contribution in [0.2, 0.25) is 5.02 Å². The molecule has 240 valence electrons. The van der Waals surface area contributed by atoms with Gasteiger partial charge in [-0.25, -0.2) is 15.9 Å². The molecule has 0 N–H and O–H groups in total. The van der Waals surface area contributed by atoms with E-state index >= 15 is 0 Å². The van der Waals surface area contributed by atoms with E-state index in [1.807, 2.05) is 17.0 Å². The predicted octanol–water partition coefficient (Wildman–Crippen LogP) is 6.51. The maximum Gasteiger partial charge on any atom is 0.282 e. The Balaban J connectivity index is 1.25. The van der Waals surface area contributed by atoms with Gasteiger partial charge in [-0.2, -0.15) is 5.26 Å². The van der Waals surface area contributed by atoms with Crippen LogP contribution in [-0.2, 0) is 11.2 Å². The Labute approximate surface area is 279 Å². The van der Waals surface area contributed by atoms with Gasteiger partial charge in [0, 0.05) is 35.6 Å². The lowest BCUT2D eigenvalue weighted by atomic mass is 9.93. The van der Waals surface area contributed by atoms with Crippen LogP contribution >= 0.6 is 11.6 Å². The number of hydrogen-bond donors (Lipinski definition) is 0. The van der Waals surface area contributed by atoms with Crippen molar-refractivity contribution < 1.29 is 13.9 Å². The van der Waals surface area contributed by atoms with Crippen LogP contribution in [0.1, 0.15) is 54.7 Å². The van der Waals surface area contributed by atoms with Crippen LogP contribution in [0, 0.1) is 23.8 Å². The average molecular weight is 651 g/mol. The Morgan fingerprint density at radius 3 is 2.77 bits per heavy atom. The van der Waals surface area contributed by atoms with E-state index in [-0.39, 0.29) is 31.1 Å². The number of carbonyl (C=O) groups is 1. The standard InChI is InChI=1S/C37H36ClFN6O2/c1-22(39)36(46)45-13-12-43(20-25(45)19-41-2)34-29-16-31(38)28(26-7-3-6-23-14-24-15-27(24)33(23)26)17-32(29)42-35(30(34)18-40)47-21-37-8-4-10-44(37)11-5-9-37/h3,6-7,16-17,24-25,27H,1,4-5,8-15,19-21H2/t24?,25-,27?/m0/s1. The Kier molecular flexibility index (Phi) is 7.39. The van der Waals surface area contributed by atoms with Crippen molar-refractivity contribution in [3.05, 3.63) is 75.9 Å². The molecule has 3 aromatic rings. The predicted molar refractivity (Wildman–Crippen MR) is 179 cm³/mol. The molecule has 2 unspecified atom stereocenters. The number of carbonyl (C=O) groups excluding carboxylic acids is 1. The largest absolute Gasteiger partial charge is 0.475 e. The van der Waals surface area contributed by atoms with E-state index < -0.39 is 17.8 Å². The zero-order chi connectivity index (χ0) is 32.4. The molecule has 0 spiro atoms. The molecule has 8 rings (SSSR count). The molecular weight excluding hydrogens is 615 g/mol. The molecule has 4 heterocycles. The number of piperazine rings is 1. The third-order valence-electron chi connectivity index (χ3n) is 11.3. The molecular formula is C37H36ClFN6O2. The van der Waals surface area contributed by atoms with E-state index in [4.69, 9.17) is 27.9 Å². The fourth-order valence-electron chi connectivity index (χ4n) is 8.97. The summed E-state index contributed by atoms with van der Waals surface area (Å²) >= 11 is 7.12. The van der Waals surface area contributed by atoms with E-state index in [1.54, 1.807) is 0 Å². The third-order valence-corrected chi connectivity index (χ3v) is 11.6. The molecule has 4 fully saturated rings. The van der Waals surface area contributed by atoms with Gasteiger partial charge in [0.25, 0.3) is 5.91 Å². The lowest BCUT2D eigenvalue weighted by Crippen LogP contribution is -2.56. The summed E-state index contributed by atoms with van der Waals surface area (Å²) in [6, 6.07) is 12.2. The van der Waals surface area contributed by atoms with Crippen molar-refractivity contribution in [2.24, 2.45) is 5.92 Å². The van der Waals surface area contributed by atoms with Crippen molar-refractivity contribution in [3.8, 4) is 23.1 Å². The quantitative estimate of drug-likeness (QED) is 0.214. The van der Waals surface area contributed by atoms with Gasteiger partial charge in [-0.1, -0.05) is 36.4 Å². The molecule has 0 radical (unpaired) electrons. The first kappa shape index (κ1) is 30.2. The maximum atomic E-state index is 14.0. The summed E-state index contributed by atoms with van der Waals surface area (Å²) in [4.78, 5) is 27.1. The van der Waals surface area contributed by atoms with Gasteiger partial charge in [-0.05, 0) is 92.3 Å². The number of ether oxygens (including phenoxy) is 1. The van der Waals surface area contributed by atoms with Crippen LogP contribution in [0.4, 0.5) is 10.1 Å². The summed E-state index contributed by atoms with van der Waals surface area (Å²) in [5.74, 6) is -0.264. The summed E-state index contributed by atoms with van der Waals surface area (Å²) < 4.78 is 20.6. The molecule has 2 aliphatic carbocycles. The number of fused-ring (bicyclic) bond motifs is 5. The topological polar surface area (TPSA) is 77.1 Å². The SMILES string of the molecule is [C-]#[N+]C[C@H]1CN(c2c(C#N)c(OCC34CCCN3CCC4)nc3cc(-c4cccc5c4C4CC4C5)c(Cl)cc23)CCN1C(=O)C(=C)F.